The van der Waals surface area contributed by atoms with Crippen molar-refractivity contribution in [3.05, 3.63) is 21.9 Å². The van der Waals surface area contributed by atoms with Gasteiger partial charge in [-0.1, -0.05) is 13.8 Å². The zero-order valence-corrected chi connectivity index (χ0v) is 9.85. The van der Waals surface area contributed by atoms with Crippen molar-refractivity contribution in [3.8, 4) is 0 Å². The molecule has 0 fully saturated rings. The van der Waals surface area contributed by atoms with Gasteiger partial charge in [-0.05, 0) is 25.0 Å². The molecule has 1 atom stereocenters. The third kappa shape index (κ3) is 2.35. The van der Waals surface area contributed by atoms with E-state index in [0.29, 0.717) is 0 Å². The number of carbonyl (C=O) groups excluding carboxylic acids is 1. The van der Waals surface area contributed by atoms with E-state index in [1.54, 1.807) is 11.3 Å². The number of carbonyl (C=O) groups is 1. The van der Waals surface area contributed by atoms with Crippen LogP contribution in [0, 0.1) is 12.8 Å². The van der Waals surface area contributed by atoms with Gasteiger partial charge >= 0.3 is 5.97 Å². The minimum atomic E-state index is -0.137. The summed E-state index contributed by atoms with van der Waals surface area (Å²) in [5, 5.41) is 0. The topological polar surface area (TPSA) is 26.3 Å². The summed E-state index contributed by atoms with van der Waals surface area (Å²) in [5.41, 5.74) is 0. The summed E-state index contributed by atoms with van der Waals surface area (Å²) in [7, 11) is 1.44. The summed E-state index contributed by atoms with van der Waals surface area (Å²) in [6.07, 6.45) is 0. The molecule has 3 heteroatoms. The first-order chi connectivity index (χ1) is 6.56. The van der Waals surface area contributed by atoms with Crippen molar-refractivity contribution in [2.24, 2.45) is 5.92 Å². The van der Waals surface area contributed by atoms with Crippen molar-refractivity contribution >= 4 is 17.3 Å². The van der Waals surface area contributed by atoms with Gasteiger partial charge in [-0.2, -0.15) is 0 Å². The number of thiophene rings is 1. The molecule has 78 valence electrons. The minimum absolute atomic E-state index is 0.112. The standard InChI is InChI=1S/C11H16O2S/c1-7(2)10(11(12)13-4)9-6-5-8(3)14-9/h5-7,10H,1-4H3. The molecule has 0 aliphatic rings. The van der Waals surface area contributed by atoms with Crippen LogP contribution in [0.15, 0.2) is 12.1 Å². The normalized spacial score (nSPS) is 12.9. The molecule has 0 spiro atoms. The fourth-order valence-electron chi connectivity index (χ4n) is 1.46. The van der Waals surface area contributed by atoms with Gasteiger partial charge in [0.2, 0.25) is 0 Å². The molecule has 0 N–H and O–H groups in total. The molecule has 0 bridgehead atoms. The van der Waals surface area contributed by atoms with Crippen LogP contribution < -0.4 is 0 Å². The Morgan fingerprint density at radius 3 is 2.43 bits per heavy atom. The molecule has 1 rings (SSSR count). The van der Waals surface area contributed by atoms with Crippen molar-refractivity contribution in [1.82, 2.24) is 0 Å². The molecule has 0 saturated heterocycles. The molecule has 1 heterocycles. The fourth-order valence-corrected chi connectivity index (χ4v) is 2.60. The smallest absolute Gasteiger partial charge is 0.314 e. The van der Waals surface area contributed by atoms with Crippen LogP contribution in [-0.2, 0) is 9.53 Å². The van der Waals surface area contributed by atoms with Crippen LogP contribution in [0.25, 0.3) is 0 Å². The summed E-state index contributed by atoms with van der Waals surface area (Å²) in [6.45, 7) is 6.12. The Labute approximate surface area is 88.9 Å². The van der Waals surface area contributed by atoms with E-state index >= 15 is 0 Å². The molecule has 0 amide bonds. The van der Waals surface area contributed by atoms with Gasteiger partial charge in [0.15, 0.2) is 0 Å². The lowest BCUT2D eigenvalue weighted by Gasteiger charge is -2.16. The third-order valence-corrected chi connectivity index (χ3v) is 3.27. The highest BCUT2D eigenvalue weighted by Gasteiger charge is 2.26. The van der Waals surface area contributed by atoms with E-state index < -0.39 is 0 Å². The quantitative estimate of drug-likeness (QED) is 0.720. The second-order valence-electron chi connectivity index (χ2n) is 3.69. The summed E-state index contributed by atoms with van der Waals surface area (Å²) in [6, 6.07) is 4.06. The molecule has 1 aromatic heterocycles. The van der Waals surface area contributed by atoms with Gasteiger partial charge in [-0.15, -0.1) is 11.3 Å². The average Bonchev–Trinajstić information content (AvgIpc) is 2.51. The highest BCUT2D eigenvalue weighted by Crippen LogP contribution is 2.31. The third-order valence-electron chi connectivity index (χ3n) is 2.19. The van der Waals surface area contributed by atoms with Crippen LogP contribution in [0.2, 0.25) is 0 Å². The maximum atomic E-state index is 11.5. The van der Waals surface area contributed by atoms with E-state index in [1.807, 2.05) is 32.9 Å². The van der Waals surface area contributed by atoms with E-state index in [-0.39, 0.29) is 17.8 Å². The lowest BCUT2D eigenvalue weighted by Crippen LogP contribution is -2.18. The van der Waals surface area contributed by atoms with Crippen molar-refractivity contribution in [1.29, 1.82) is 0 Å². The zero-order chi connectivity index (χ0) is 10.7. The van der Waals surface area contributed by atoms with E-state index in [0.717, 1.165) is 4.88 Å². The van der Waals surface area contributed by atoms with Gasteiger partial charge in [-0.3, -0.25) is 4.79 Å². The molecular formula is C11H16O2S. The van der Waals surface area contributed by atoms with Gasteiger partial charge in [0.25, 0.3) is 0 Å². The molecule has 0 aromatic carbocycles. The average molecular weight is 212 g/mol. The van der Waals surface area contributed by atoms with Crippen molar-refractivity contribution in [3.63, 3.8) is 0 Å². The Hall–Kier alpha value is -0.830. The summed E-state index contributed by atoms with van der Waals surface area (Å²) < 4.78 is 4.81. The fraction of sp³-hybridized carbons (Fsp3) is 0.545. The van der Waals surface area contributed by atoms with E-state index in [9.17, 15) is 4.79 Å². The van der Waals surface area contributed by atoms with Gasteiger partial charge in [0, 0.05) is 9.75 Å². The molecule has 1 unspecified atom stereocenters. The van der Waals surface area contributed by atoms with Crippen LogP contribution in [-0.4, -0.2) is 13.1 Å². The Morgan fingerprint density at radius 2 is 2.07 bits per heavy atom. The Bertz CT molecular complexity index is 315. The lowest BCUT2D eigenvalue weighted by molar-refractivity contribution is -0.143. The Morgan fingerprint density at radius 1 is 1.43 bits per heavy atom. The van der Waals surface area contributed by atoms with Crippen LogP contribution in [0.5, 0.6) is 0 Å². The SMILES string of the molecule is COC(=O)C(c1ccc(C)s1)C(C)C. The van der Waals surface area contributed by atoms with Crippen LogP contribution in [0.1, 0.15) is 29.5 Å². The number of hydrogen-bond donors (Lipinski definition) is 0. The highest BCUT2D eigenvalue weighted by atomic mass is 32.1. The van der Waals surface area contributed by atoms with Crippen LogP contribution >= 0.6 is 11.3 Å². The first-order valence-electron chi connectivity index (χ1n) is 4.70. The Balaban J connectivity index is 2.94. The number of rotatable bonds is 3. The Kier molecular flexibility index (Phi) is 3.69. The maximum absolute atomic E-state index is 11.5. The van der Waals surface area contributed by atoms with Gasteiger partial charge < -0.3 is 4.74 Å². The predicted molar refractivity (Wildman–Crippen MR) is 58.7 cm³/mol. The largest absolute Gasteiger partial charge is 0.469 e. The first kappa shape index (κ1) is 11.2. The monoisotopic (exact) mass is 212 g/mol. The molecule has 1 aromatic rings. The second kappa shape index (κ2) is 4.60. The second-order valence-corrected chi connectivity index (χ2v) is 5.01. The van der Waals surface area contributed by atoms with Gasteiger partial charge in [0.05, 0.1) is 13.0 Å². The number of hydrogen-bond acceptors (Lipinski definition) is 3. The van der Waals surface area contributed by atoms with E-state index in [2.05, 4.69) is 0 Å². The zero-order valence-electron chi connectivity index (χ0n) is 9.03. The van der Waals surface area contributed by atoms with Crippen LogP contribution in [0.3, 0.4) is 0 Å². The summed E-state index contributed by atoms with van der Waals surface area (Å²) in [4.78, 5) is 13.9. The maximum Gasteiger partial charge on any atom is 0.314 e. The van der Waals surface area contributed by atoms with Crippen molar-refractivity contribution < 1.29 is 9.53 Å². The lowest BCUT2D eigenvalue weighted by atomic mass is 9.94. The highest BCUT2D eigenvalue weighted by molar-refractivity contribution is 7.12. The predicted octanol–water partition coefficient (Wildman–Crippen LogP) is 2.97. The first-order valence-corrected chi connectivity index (χ1v) is 5.52. The summed E-state index contributed by atoms with van der Waals surface area (Å²) in [5.74, 6) is 0.0287. The number of esters is 1. The molecular weight excluding hydrogens is 196 g/mol. The summed E-state index contributed by atoms with van der Waals surface area (Å²) >= 11 is 1.67. The molecule has 0 aliphatic heterocycles. The van der Waals surface area contributed by atoms with Crippen LogP contribution in [0.4, 0.5) is 0 Å². The molecule has 0 saturated carbocycles. The molecule has 14 heavy (non-hydrogen) atoms. The molecule has 0 radical (unpaired) electrons. The number of ether oxygens (including phenoxy) is 1. The van der Waals surface area contributed by atoms with Crippen molar-refractivity contribution in [2.45, 2.75) is 26.7 Å². The van der Waals surface area contributed by atoms with Gasteiger partial charge in [0.1, 0.15) is 0 Å². The minimum Gasteiger partial charge on any atom is -0.469 e. The van der Waals surface area contributed by atoms with Gasteiger partial charge in [-0.25, -0.2) is 0 Å². The molecule has 0 aliphatic carbocycles. The van der Waals surface area contributed by atoms with E-state index in [1.165, 1.54) is 12.0 Å². The van der Waals surface area contributed by atoms with E-state index in [4.69, 9.17) is 4.74 Å². The molecule has 2 nitrogen and oxygen atoms in total. The van der Waals surface area contributed by atoms with Crippen molar-refractivity contribution in [2.75, 3.05) is 7.11 Å². The number of aryl methyl sites for hydroxylation is 1. The number of methoxy groups -OCH3 is 1.